The van der Waals surface area contributed by atoms with E-state index in [0.29, 0.717) is 16.3 Å². The van der Waals surface area contributed by atoms with Crippen LogP contribution in [-0.4, -0.2) is 17.9 Å². The molecular formula is C22H17ClN2O3S. The van der Waals surface area contributed by atoms with E-state index in [-0.39, 0.29) is 17.9 Å². The SMILES string of the molecule is Cc1c(Cl)cccc1N1C(=O)[C@H]2[C@H](ON(c3ccccc3)[C@@H]2c2cccs2)C1=O. The lowest BCUT2D eigenvalue weighted by molar-refractivity contribution is -0.126. The number of nitrogens with zero attached hydrogens (tertiary/aromatic N) is 2. The topological polar surface area (TPSA) is 49.9 Å². The quantitative estimate of drug-likeness (QED) is 0.569. The number of para-hydroxylation sites is 1. The summed E-state index contributed by atoms with van der Waals surface area (Å²) in [7, 11) is 0. The van der Waals surface area contributed by atoms with E-state index < -0.39 is 12.0 Å². The molecule has 3 aromatic rings. The molecule has 146 valence electrons. The van der Waals surface area contributed by atoms with Crippen LogP contribution in [0.15, 0.2) is 66.0 Å². The van der Waals surface area contributed by atoms with Crippen LogP contribution in [0, 0.1) is 12.8 Å². The molecule has 5 nitrogen and oxygen atoms in total. The van der Waals surface area contributed by atoms with Gasteiger partial charge in [0.25, 0.3) is 5.91 Å². The zero-order valence-electron chi connectivity index (χ0n) is 15.5. The van der Waals surface area contributed by atoms with E-state index in [1.165, 1.54) is 4.90 Å². The van der Waals surface area contributed by atoms with Crippen molar-refractivity contribution in [3.63, 3.8) is 0 Å². The van der Waals surface area contributed by atoms with Gasteiger partial charge in [0.1, 0.15) is 12.0 Å². The molecule has 2 fully saturated rings. The molecule has 0 unspecified atom stereocenters. The first-order valence-electron chi connectivity index (χ1n) is 9.25. The van der Waals surface area contributed by atoms with Gasteiger partial charge in [0, 0.05) is 9.90 Å². The standard InChI is InChI=1S/C22H17ClN2O3S/c1-13-15(23)9-5-10-16(13)24-21(26)18-19(17-11-6-12-29-17)25(28-20(18)22(24)27)14-7-3-2-4-8-14/h2-12,18-20H,1H3/t18-,19-,20+/m1/s1. The number of carbonyl (C=O) groups is 2. The third-order valence-corrected chi connectivity index (χ3v) is 6.79. The Morgan fingerprint density at radius 3 is 2.48 bits per heavy atom. The number of rotatable bonds is 3. The number of carbonyl (C=O) groups excluding carboxylic acids is 2. The van der Waals surface area contributed by atoms with Crippen LogP contribution in [0.5, 0.6) is 0 Å². The van der Waals surface area contributed by atoms with Crippen LogP contribution >= 0.6 is 22.9 Å². The number of hydrogen-bond donors (Lipinski definition) is 0. The average Bonchev–Trinajstić information content (AvgIpc) is 3.43. The summed E-state index contributed by atoms with van der Waals surface area (Å²) in [6.07, 6.45) is -0.867. The zero-order valence-corrected chi connectivity index (χ0v) is 17.1. The van der Waals surface area contributed by atoms with Crippen LogP contribution in [0.4, 0.5) is 11.4 Å². The molecular weight excluding hydrogens is 408 g/mol. The van der Waals surface area contributed by atoms with Crippen molar-refractivity contribution in [3.05, 3.63) is 81.5 Å². The van der Waals surface area contributed by atoms with Crippen LogP contribution < -0.4 is 9.96 Å². The van der Waals surface area contributed by atoms with E-state index in [2.05, 4.69) is 0 Å². The molecule has 0 spiro atoms. The highest BCUT2D eigenvalue weighted by Crippen LogP contribution is 2.49. The molecule has 2 aliphatic rings. The molecule has 0 aliphatic carbocycles. The Morgan fingerprint density at radius 2 is 1.76 bits per heavy atom. The van der Waals surface area contributed by atoms with Gasteiger partial charge in [0.2, 0.25) is 5.91 Å². The van der Waals surface area contributed by atoms with Gasteiger partial charge >= 0.3 is 0 Å². The summed E-state index contributed by atoms with van der Waals surface area (Å²) in [5.74, 6) is -1.24. The van der Waals surface area contributed by atoms with Crippen molar-refractivity contribution in [1.82, 2.24) is 0 Å². The molecule has 3 heterocycles. The Bertz CT molecular complexity index is 1090. The lowest BCUT2D eigenvalue weighted by atomic mass is 9.95. The fourth-order valence-corrected chi connectivity index (χ4v) is 5.06. The molecule has 2 aromatic carbocycles. The van der Waals surface area contributed by atoms with E-state index in [9.17, 15) is 9.59 Å². The van der Waals surface area contributed by atoms with Gasteiger partial charge in [0.05, 0.1) is 11.4 Å². The second kappa shape index (κ2) is 6.99. The molecule has 0 N–H and O–H groups in total. The summed E-state index contributed by atoms with van der Waals surface area (Å²) >= 11 is 7.78. The van der Waals surface area contributed by atoms with Crippen LogP contribution in [0.25, 0.3) is 0 Å². The Hall–Kier alpha value is -2.67. The minimum atomic E-state index is -0.867. The third kappa shape index (κ3) is 2.79. The highest BCUT2D eigenvalue weighted by Gasteiger charge is 2.60. The normalized spacial score (nSPS) is 23.7. The van der Waals surface area contributed by atoms with Gasteiger partial charge in [-0.3, -0.25) is 14.4 Å². The molecule has 2 aliphatic heterocycles. The maximum atomic E-state index is 13.5. The number of thiophene rings is 1. The lowest BCUT2D eigenvalue weighted by Crippen LogP contribution is -2.37. The molecule has 29 heavy (non-hydrogen) atoms. The van der Waals surface area contributed by atoms with Gasteiger partial charge in [-0.15, -0.1) is 11.3 Å². The third-order valence-electron chi connectivity index (χ3n) is 5.44. The van der Waals surface area contributed by atoms with E-state index >= 15 is 0 Å². The number of amides is 2. The van der Waals surface area contributed by atoms with Crippen LogP contribution in [-0.2, 0) is 14.4 Å². The van der Waals surface area contributed by atoms with Crippen molar-refractivity contribution in [2.75, 3.05) is 9.96 Å². The van der Waals surface area contributed by atoms with Crippen molar-refractivity contribution < 1.29 is 14.4 Å². The Labute approximate surface area is 177 Å². The fraction of sp³-hybridized carbons (Fsp3) is 0.182. The molecule has 7 heteroatoms. The van der Waals surface area contributed by atoms with Crippen LogP contribution in [0.2, 0.25) is 5.02 Å². The van der Waals surface area contributed by atoms with E-state index in [0.717, 1.165) is 10.6 Å². The van der Waals surface area contributed by atoms with Gasteiger partial charge in [-0.2, -0.15) is 0 Å². The Kier molecular flexibility index (Phi) is 4.42. The molecule has 0 saturated carbocycles. The van der Waals surface area contributed by atoms with Gasteiger partial charge in [-0.25, -0.2) is 9.96 Å². The molecule has 1 aromatic heterocycles. The molecule has 2 amide bonds. The predicted octanol–water partition coefficient (Wildman–Crippen LogP) is 4.76. The summed E-state index contributed by atoms with van der Waals surface area (Å²) in [5.41, 5.74) is 2.02. The molecule has 0 bridgehead atoms. The Balaban J connectivity index is 1.59. The van der Waals surface area contributed by atoms with E-state index in [1.807, 2.05) is 47.8 Å². The fourth-order valence-electron chi connectivity index (χ4n) is 4.04. The predicted molar refractivity (Wildman–Crippen MR) is 113 cm³/mol. The van der Waals surface area contributed by atoms with E-state index in [1.54, 1.807) is 41.5 Å². The maximum absolute atomic E-state index is 13.5. The van der Waals surface area contributed by atoms with Crippen molar-refractivity contribution in [2.45, 2.75) is 19.1 Å². The zero-order chi connectivity index (χ0) is 20.1. The van der Waals surface area contributed by atoms with E-state index in [4.69, 9.17) is 16.4 Å². The minimum absolute atomic E-state index is 0.262. The minimum Gasteiger partial charge on any atom is -0.273 e. The van der Waals surface area contributed by atoms with Gasteiger partial charge in [-0.05, 0) is 48.2 Å². The van der Waals surface area contributed by atoms with Gasteiger partial charge < -0.3 is 0 Å². The largest absolute Gasteiger partial charge is 0.273 e. The summed E-state index contributed by atoms with van der Waals surface area (Å²) in [4.78, 5) is 35.1. The maximum Gasteiger partial charge on any atom is 0.266 e. The second-order valence-electron chi connectivity index (χ2n) is 7.07. The van der Waals surface area contributed by atoms with Crippen LogP contribution in [0.3, 0.4) is 0 Å². The summed E-state index contributed by atoms with van der Waals surface area (Å²) in [6.45, 7) is 1.81. The van der Waals surface area contributed by atoms with Crippen LogP contribution in [0.1, 0.15) is 16.5 Å². The summed E-state index contributed by atoms with van der Waals surface area (Å²) in [5, 5.41) is 4.19. The molecule has 2 saturated heterocycles. The second-order valence-corrected chi connectivity index (χ2v) is 8.46. The van der Waals surface area contributed by atoms with Crippen molar-refractivity contribution in [2.24, 2.45) is 5.92 Å². The summed E-state index contributed by atoms with van der Waals surface area (Å²) < 4.78 is 0. The van der Waals surface area contributed by atoms with Crippen molar-refractivity contribution >= 4 is 46.1 Å². The summed E-state index contributed by atoms with van der Waals surface area (Å²) in [6, 6.07) is 18.3. The number of benzene rings is 2. The number of anilines is 2. The average molecular weight is 425 g/mol. The number of hydrogen-bond acceptors (Lipinski definition) is 5. The first kappa shape index (κ1) is 18.4. The molecule has 3 atom stereocenters. The van der Waals surface area contributed by atoms with Crippen molar-refractivity contribution in [3.8, 4) is 0 Å². The molecule has 0 radical (unpaired) electrons. The number of halogens is 1. The highest BCUT2D eigenvalue weighted by molar-refractivity contribution is 7.10. The lowest BCUT2D eigenvalue weighted by Gasteiger charge is -2.28. The monoisotopic (exact) mass is 424 g/mol. The molecule has 5 rings (SSSR count). The van der Waals surface area contributed by atoms with Gasteiger partial charge in [0.15, 0.2) is 6.10 Å². The van der Waals surface area contributed by atoms with Gasteiger partial charge in [-0.1, -0.05) is 41.9 Å². The number of fused-ring (bicyclic) bond motifs is 1. The highest BCUT2D eigenvalue weighted by atomic mass is 35.5. The smallest absolute Gasteiger partial charge is 0.266 e. The first-order chi connectivity index (χ1) is 14.1. The Morgan fingerprint density at radius 1 is 0.966 bits per heavy atom. The van der Waals surface area contributed by atoms with Crippen molar-refractivity contribution in [1.29, 1.82) is 0 Å². The first-order valence-corrected chi connectivity index (χ1v) is 10.5. The number of hydroxylamine groups is 1. The number of imide groups is 1.